The van der Waals surface area contributed by atoms with Crippen molar-refractivity contribution in [3.63, 3.8) is 0 Å². The van der Waals surface area contributed by atoms with Crippen LogP contribution in [0, 0.1) is 5.82 Å². The van der Waals surface area contributed by atoms with Crippen molar-refractivity contribution in [2.75, 3.05) is 11.9 Å². The Morgan fingerprint density at radius 2 is 1.80 bits per heavy atom. The van der Waals surface area contributed by atoms with Crippen LogP contribution in [0.1, 0.15) is 34.5 Å². The predicted octanol–water partition coefficient (Wildman–Crippen LogP) is 4.93. The minimum atomic E-state index is -0.926. The Balaban J connectivity index is 1.59. The summed E-state index contributed by atoms with van der Waals surface area (Å²) in [6, 6.07) is 18.0. The Kier molecular flexibility index (Phi) is 7.31. The summed E-state index contributed by atoms with van der Waals surface area (Å²) in [7, 11) is 0. The largest absolute Gasteiger partial charge is 0.438 e. The smallest absolute Gasteiger partial charge is 0.411 e. The zero-order chi connectivity index (χ0) is 24.9. The zero-order valence-electron chi connectivity index (χ0n) is 18.8. The molecule has 0 bridgehead atoms. The fourth-order valence-corrected chi connectivity index (χ4v) is 4.13. The molecule has 0 aliphatic carbocycles. The van der Waals surface area contributed by atoms with Crippen molar-refractivity contribution in [2.45, 2.75) is 25.6 Å². The molecule has 3 aromatic rings. The first-order valence-corrected chi connectivity index (χ1v) is 11.4. The van der Waals surface area contributed by atoms with Crippen molar-refractivity contribution in [2.24, 2.45) is 0 Å². The van der Waals surface area contributed by atoms with Crippen molar-refractivity contribution in [1.82, 2.24) is 10.2 Å². The van der Waals surface area contributed by atoms with E-state index in [0.717, 1.165) is 5.56 Å². The van der Waals surface area contributed by atoms with Crippen LogP contribution in [-0.2, 0) is 16.1 Å². The third-order valence-electron chi connectivity index (χ3n) is 5.53. The molecule has 1 saturated heterocycles. The predicted molar refractivity (Wildman–Crippen MR) is 129 cm³/mol. The molecule has 0 saturated carbocycles. The van der Waals surface area contributed by atoms with Gasteiger partial charge in [-0.1, -0.05) is 35.9 Å². The molecule has 3 amide bonds. The van der Waals surface area contributed by atoms with E-state index >= 15 is 0 Å². The highest BCUT2D eigenvalue weighted by molar-refractivity contribution is 6.30. The SMILES string of the molecule is CCNC(=O)[C@H]1[C@H](c2cccc(NC(=O)c3ccc(F)cc3)c2)OC(=O)N1Cc1cccc(Cl)c1. The van der Waals surface area contributed by atoms with Crippen LogP contribution in [0.3, 0.4) is 0 Å². The van der Waals surface area contributed by atoms with Gasteiger partial charge < -0.3 is 15.4 Å². The van der Waals surface area contributed by atoms with Gasteiger partial charge in [0.2, 0.25) is 5.91 Å². The molecule has 0 aromatic heterocycles. The van der Waals surface area contributed by atoms with E-state index in [1.807, 2.05) is 6.07 Å². The maximum Gasteiger partial charge on any atom is 0.411 e. The average Bonchev–Trinajstić information content (AvgIpc) is 3.16. The third kappa shape index (κ3) is 5.60. The molecule has 7 nitrogen and oxygen atoms in total. The summed E-state index contributed by atoms with van der Waals surface area (Å²) in [5.41, 5.74) is 2.03. The third-order valence-corrected chi connectivity index (χ3v) is 5.76. The number of anilines is 1. The van der Waals surface area contributed by atoms with Crippen LogP contribution in [0.5, 0.6) is 0 Å². The fourth-order valence-electron chi connectivity index (χ4n) is 3.92. The van der Waals surface area contributed by atoms with E-state index in [1.165, 1.54) is 29.2 Å². The molecule has 4 rings (SSSR count). The van der Waals surface area contributed by atoms with Crippen molar-refractivity contribution < 1.29 is 23.5 Å². The van der Waals surface area contributed by atoms with Gasteiger partial charge in [-0.2, -0.15) is 0 Å². The van der Waals surface area contributed by atoms with Gasteiger partial charge in [-0.25, -0.2) is 9.18 Å². The van der Waals surface area contributed by atoms with E-state index in [2.05, 4.69) is 10.6 Å². The quantitative estimate of drug-likeness (QED) is 0.486. The van der Waals surface area contributed by atoms with Crippen molar-refractivity contribution in [3.8, 4) is 0 Å². The molecular formula is C26H23ClFN3O4. The Bertz CT molecular complexity index is 1250. The van der Waals surface area contributed by atoms with Crippen LogP contribution in [0.15, 0.2) is 72.8 Å². The van der Waals surface area contributed by atoms with Crippen LogP contribution in [-0.4, -0.2) is 35.4 Å². The zero-order valence-corrected chi connectivity index (χ0v) is 19.6. The lowest BCUT2D eigenvalue weighted by Gasteiger charge is -2.24. The van der Waals surface area contributed by atoms with E-state index in [1.54, 1.807) is 49.4 Å². The molecule has 1 aliphatic rings. The van der Waals surface area contributed by atoms with Gasteiger partial charge in [-0.05, 0) is 66.6 Å². The fraction of sp³-hybridized carbons (Fsp3) is 0.192. The Morgan fingerprint density at radius 3 is 2.51 bits per heavy atom. The molecule has 1 heterocycles. The summed E-state index contributed by atoms with van der Waals surface area (Å²) < 4.78 is 18.8. The first-order valence-electron chi connectivity index (χ1n) is 11.0. The van der Waals surface area contributed by atoms with Crippen LogP contribution >= 0.6 is 11.6 Å². The van der Waals surface area contributed by atoms with Crippen LogP contribution < -0.4 is 10.6 Å². The Labute approximate surface area is 206 Å². The van der Waals surface area contributed by atoms with E-state index in [4.69, 9.17) is 16.3 Å². The lowest BCUT2D eigenvalue weighted by atomic mass is 10.00. The molecule has 2 atom stereocenters. The monoisotopic (exact) mass is 495 g/mol. The van der Waals surface area contributed by atoms with Gasteiger partial charge in [0.05, 0.1) is 6.54 Å². The molecule has 0 radical (unpaired) electrons. The van der Waals surface area contributed by atoms with Gasteiger partial charge >= 0.3 is 6.09 Å². The second kappa shape index (κ2) is 10.6. The molecule has 9 heteroatoms. The summed E-state index contributed by atoms with van der Waals surface area (Å²) in [6.45, 7) is 2.31. The molecule has 2 N–H and O–H groups in total. The average molecular weight is 496 g/mol. The van der Waals surface area contributed by atoms with Gasteiger partial charge in [0, 0.05) is 22.8 Å². The number of cyclic esters (lactones) is 1. The van der Waals surface area contributed by atoms with Gasteiger partial charge in [0.25, 0.3) is 5.91 Å². The van der Waals surface area contributed by atoms with Crippen molar-refractivity contribution in [1.29, 1.82) is 0 Å². The number of nitrogens with zero attached hydrogens (tertiary/aromatic N) is 1. The number of hydrogen-bond acceptors (Lipinski definition) is 4. The number of carbonyl (C=O) groups excluding carboxylic acids is 3. The summed E-state index contributed by atoms with van der Waals surface area (Å²) >= 11 is 6.08. The molecule has 0 unspecified atom stereocenters. The highest BCUT2D eigenvalue weighted by Crippen LogP contribution is 2.35. The van der Waals surface area contributed by atoms with Gasteiger partial charge in [-0.3, -0.25) is 14.5 Å². The van der Waals surface area contributed by atoms with Crippen molar-refractivity contribution >= 4 is 35.2 Å². The van der Waals surface area contributed by atoms with Crippen LogP contribution in [0.25, 0.3) is 0 Å². The topological polar surface area (TPSA) is 87.7 Å². The number of carbonyl (C=O) groups is 3. The lowest BCUT2D eigenvalue weighted by molar-refractivity contribution is -0.126. The number of benzene rings is 3. The summed E-state index contributed by atoms with van der Waals surface area (Å²) in [4.78, 5) is 39.8. The Hall–Kier alpha value is -3.91. The van der Waals surface area contributed by atoms with Crippen LogP contribution in [0.4, 0.5) is 14.9 Å². The lowest BCUT2D eigenvalue weighted by Crippen LogP contribution is -2.46. The number of hydrogen-bond donors (Lipinski definition) is 2. The van der Waals surface area contributed by atoms with Crippen LogP contribution in [0.2, 0.25) is 5.02 Å². The van der Waals surface area contributed by atoms with E-state index in [9.17, 15) is 18.8 Å². The normalized spacial score (nSPS) is 17.1. The molecular weight excluding hydrogens is 473 g/mol. The van der Waals surface area contributed by atoms with Gasteiger partial charge in [-0.15, -0.1) is 0 Å². The number of likely N-dealkylation sites (N-methyl/N-ethyl adjacent to an activating group) is 1. The first-order chi connectivity index (χ1) is 16.9. The van der Waals surface area contributed by atoms with E-state index < -0.39 is 30.0 Å². The highest BCUT2D eigenvalue weighted by Gasteiger charge is 2.46. The molecule has 1 aliphatic heterocycles. The number of rotatable bonds is 7. The van der Waals surface area contributed by atoms with Gasteiger partial charge in [0.1, 0.15) is 5.82 Å². The molecule has 0 spiro atoms. The standard InChI is InChI=1S/C26H23ClFN3O4/c1-2-29-25(33)22-23(35-26(34)31(22)15-16-5-3-7-19(27)13-16)18-6-4-8-21(14-18)30-24(32)17-9-11-20(28)12-10-17/h3-14,22-23H,2,15H2,1H3,(H,29,33)(H,30,32)/t22-,23+/m1/s1. The maximum absolute atomic E-state index is 13.2. The van der Waals surface area contributed by atoms with E-state index in [-0.39, 0.29) is 18.0 Å². The molecule has 3 aromatic carbocycles. The molecule has 35 heavy (non-hydrogen) atoms. The summed E-state index contributed by atoms with van der Waals surface area (Å²) in [5, 5.41) is 6.04. The minimum absolute atomic E-state index is 0.138. The molecule has 180 valence electrons. The number of amides is 3. The highest BCUT2D eigenvalue weighted by atomic mass is 35.5. The number of ether oxygens (including phenoxy) is 1. The maximum atomic E-state index is 13.2. The number of nitrogens with one attached hydrogen (secondary N) is 2. The van der Waals surface area contributed by atoms with Crippen molar-refractivity contribution in [3.05, 3.63) is 100 Å². The summed E-state index contributed by atoms with van der Waals surface area (Å²) in [5.74, 6) is -1.22. The molecule has 1 fully saturated rings. The second-order valence-electron chi connectivity index (χ2n) is 7.99. The second-order valence-corrected chi connectivity index (χ2v) is 8.42. The summed E-state index contributed by atoms with van der Waals surface area (Å²) in [6.07, 6.45) is -1.53. The first kappa shape index (κ1) is 24.2. The van der Waals surface area contributed by atoms with Gasteiger partial charge in [0.15, 0.2) is 12.1 Å². The van der Waals surface area contributed by atoms with E-state index in [0.29, 0.717) is 22.8 Å². The Morgan fingerprint density at radius 1 is 1.06 bits per heavy atom. The minimum Gasteiger partial charge on any atom is -0.438 e. The number of halogens is 2.